The first-order chi connectivity index (χ1) is 7.38. The van der Waals surface area contributed by atoms with Crippen molar-refractivity contribution in [2.75, 3.05) is 14.1 Å². The van der Waals surface area contributed by atoms with Crippen LogP contribution in [0.4, 0.5) is 0 Å². The van der Waals surface area contributed by atoms with Gasteiger partial charge in [0.05, 0.1) is 0 Å². The maximum atomic E-state index is 6.03. The molecular weight excluding hydrogens is 214 g/mol. The summed E-state index contributed by atoms with van der Waals surface area (Å²) in [5.41, 5.74) is 1.17. The quantitative estimate of drug-likeness (QED) is 0.586. The van der Waals surface area contributed by atoms with E-state index in [1.54, 1.807) is 0 Å². The van der Waals surface area contributed by atoms with Crippen LogP contribution in [0.2, 0.25) is 19.6 Å². The fourth-order valence-electron chi connectivity index (χ4n) is 1.26. The second-order valence-electron chi connectivity index (χ2n) is 5.00. The Bertz CT molecular complexity index is 352. The van der Waals surface area contributed by atoms with Gasteiger partial charge >= 0.3 is 0 Å². The average molecular weight is 235 g/mol. The minimum Gasteiger partial charge on any atom is -0.533 e. The molecule has 0 atom stereocenters. The Labute approximate surface area is 99.7 Å². The van der Waals surface area contributed by atoms with E-state index in [9.17, 15) is 0 Å². The van der Waals surface area contributed by atoms with Crippen LogP contribution in [-0.2, 0) is 4.43 Å². The highest BCUT2D eigenvalue weighted by molar-refractivity contribution is 6.70. The lowest BCUT2D eigenvalue weighted by Gasteiger charge is -2.26. The fourth-order valence-corrected chi connectivity index (χ4v) is 2.12. The molecule has 2 nitrogen and oxygen atoms in total. The molecule has 0 fully saturated rings. The van der Waals surface area contributed by atoms with Crippen LogP contribution in [0.1, 0.15) is 5.56 Å². The van der Waals surface area contributed by atoms with Gasteiger partial charge in [-0.25, -0.2) is 0 Å². The van der Waals surface area contributed by atoms with E-state index >= 15 is 0 Å². The Morgan fingerprint density at radius 2 is 1.69 bits per heavy atom. The third-order valence-electron chi connectivity index (χ3n) is 1.94. The Hall–Kier alpha value is -1.22. The van der Waals surface area contributed by atoms with Crippen LogP contribution < -0.4 is 0 Å². The van der Waals surface area contributed by atoms with Gasteiger partial charge in [-0.2, -0.15) is 0 Å². The van der Waals surface area contributed by atoms with Crippen LogP contribution in [0.25, 0.3) is 6.08 Å². The van der Waals surface area contributed by atoms with Crippen LogP contribution in [-0.4, -0.2) is 27.3 Å². The zero-order chi connectivity index (χ0) is 12.2. The molecule has 0 heterocycles. The zero-order valence-corrected chi connectivity index (χ0v) is 11.8. The molecule has 0 aromatic heterocycles. The SMILES string of the molecule is CN(C)/C(=C/c1ccccc1)O[Si](C)(C)C. The molecule has 0 spiro atoms. The van der Waals surface area contributed by atoms with Crippen LogP contribution >= 0.6 is 0 Å². The molecule has 0 N–H and O–H groups in total. The van der Waals surface area contributed by atoms with E-state index in [4.69, 9.17) is 4.43 Å². The monoisotopic (exact) mass is 235 g/mol. The van der Waals surface area contributed by atoms with Gasteiger partial charge in [-0.15, -0.1) is 0 Å². The highest BCUT2D eigenvalue weighted by Crippen LogP contribution is 2.15. The average Bonchev–Trinajstić information content (AvgIpc) is 2.16. The number of benzene rings is 1. The highest BCUT2D eigenvalue weighted by Gasteiger charge is 2.18. The van der Waals surface area contributed by atoms with E-state index in [-0.39, 0.29) is 0 Å². The topological polar surface area (TPSA) is 12.5 Å². The van der Waals surface area contributed by atoms with E-state index in [2.05, 4.69) is 37.8 Å². The van der Waals surface area contributed by atoms with E-state index < -0.39 is 8.32 Å². The molecule has 88 valence electrons. The second kappa shape index (κ2) is 5.21. The van der Waals surface area contributed by atoms with Gasteiger partial charge in [0.1, 0.15) is 0 Å². The lowest BCUT2D eigenvalue weighted by molar-refractivity contribution is 0.282. The highest BCUT2D eigenvalue weighted by atomic mass is 28.4. The van der Waals surface area contributed by atoms with Gasteiger partial charge in [0, 0.05) is 20.2 Å². The van der Waals surface area contributed by atoms with Gasteiger partial charge in [0.15, 0.2) is 5.88 Å². The van der Waals surface area contributed by atoms with Crippen LogP contribution in [0.5, 0.6) is 0 Å². The molecule has 0 radical (unpaired) electrons. The molecule has 0 saturated carbocycles. The first-order valence-corrected chi connectivity index (χ1v) is 8.92. The molecule has 0 aliphatic heterocycles. The third kappa shape index (κ3) is 4.53. The van der Waals surface area contributed by atoms with E-state index in [0.717, 1.165) is 5.88 Å². The Morgan fingerprint density at radius 3 is 2.12 bits per heavy atom. The molecule has 16 heavy (non-hydrogen) atoms. The summed E-state index contributed by atoms with van der Waals surface area (Å²) in [6.45, 7) is 6.57. The molecule has 1 rings (SSSR count). The predicted molar refractivity (Wildman–Crippen MR) is 72.5 cm³/mol. The number of rotatable bonds is 4. The second-order valence-corrected chi connectivity index (χ2v) is 9.43. The Balaban J connectivity index is 2.90. The van der Waals surface area contributed by atoms with Crippen molar-refractivity contribution in [3.05, 3.63) is 41.8 Å². The summed E-state index contributed by atoms with van der Waals surface area (Å²) in [5.74, 6) is 0.936. The lowest BCUT2D eigenvalue weighted by atomic mass is 10.2. The Kier molecular flexibility index (Phi) is 4.18. The molecular formula is C13H21NOSi. The summed E-state index contributed by atoms with van der Waals surface area (Å²) < 4.78 is 6.03. The van der Waals surface area contributed by atoms with Crippen molar-refractivity contribution in [3.63, 3.8) is 0 Å². The summed E-state index contributed by atoms with van der Waals surface area (Å²) >= 11 is 0. The zero-order valence-electron chi connectivity index (χ0n) is 10.8. The first kappa shape index (κ1) is 12.8. The van der Waals surface area contributed by atoms with Crippen molar-refractivity contribution < 1.29 is 4.43 Å². The lowest BCUT2D eigenvalue weighted by Crippen LogP contribution is -2.29. The summed E-state index contributed by atoms with van der Waals surface area (Å²) in [5, 5.41) is 0. The Morgan fingerprint density at radius 1 is 1.12 bits per heavy atom. The third-order valence-corrected chi connectivity index (χ3v) is 2.76. The van der Waals surface area contributed by atoms with Crippen molar-refractivity contribution >= 4 is 14.4 Å². The first-order valence-electron chi connectivity index (χ1n) is 5.51. The van der Waals surface area contributed by atoms with Crippen LogP contribution in [0, 0.1) is 0 Å². The maximum Gasteiger partial charge on any atom is 0.244 e. The molecule has 0 unspecified atom stereocenters. The van der Waals surface area contributed by atoms with Crippen molar-refractivity contribution in [2.24, 2.45) is 0 Å². The van der Waals surface area contributed by atoms with Crippen molar-refractivity contribution in [1.82, 2.24) is 4.90 Å². The molecule has 0 aliphatic rings. The molecule has 1 aromatic rings. The van der Waals surface area contributed by atoms with Crippen molar-refractivity contribution in [1.29, 1.82) is 0 Å². The van der Waals surface area contributed by atoms with Gasteiger partial charge < -0.3 is 9.33 Å². The summed E-state index contributed by atoms with van der Waals surface area (Å²) in [7, 11) is 2.47. The smallest absolute Gasteiger partial charge is 0.244 e. The minimum absolute atomic E-state index is 0.936. The van der Waals surface area contributed by atoms with Crippen molar-refractivity contribution in [2.45, 2.75) is 19.6 Å². The van der Waals surface area contributed by atoms with E-state index in [1.807, 2.05) is 37.2 Å². The fraction of sp³-hybridized carbons (Fsp3) is 0.385. The predicted octanol–water partition coefficient (Wildman–Crippen LogP) is 3.40. The number of nitrogens with zero attached hydrogens (tertiary/aromatic N) is 1. The number of hydrogen-bond acceptors (Lipinski definition) is 2. The largest absolute Gasteiger partial charge is 0.533 e. The van der Waals surface area contributed by atoms with E-state index in [1.165, 1.54) is 5.56 Å². The van der Waals surface area contributed by atoms with Crippen LogP contribution in [0.3, 0.4) is 0 Å². The summed E-state index contributed by atoms with van der Waals surface area (Å²) in [6.07, 6.45) is 2.08. The molecule has 0 amide bonds. The van der Waals surface area contributed by atoms with Gasteiger partial charge in [-0.05, 0) is 25.2 Å². The van der Waals surface area contributed by atoms with Crippen LogP contribution in [0.15, 0.2) is 36.2 Å². The standard InChI is InChI=1S/C13H21NOSi/c1-14(2)13(15-16(3,4)5)11-12-9-7-6-8-10-12/h6-11H,1-5H3/b13-11-. The summed E-state index contributed by atoms with van der Waals surface area (Å²) in [4.78, 5) is 2.02. The molecule has 0 bridgehead atoms. The minimum atomic E-state index is -1.55. The normalized spacial score (nSPS) is 12.4. The molecule has 0 saturated heterocycles. The molecule has 1 aromatic carbocycles. The van der Waals surface area contributed by atoms with E-state index in [0.29, 0.717) is 0 Å². The molecule has 3 heteroatoms. The molecule has 0 aliphatic carbocycles. The van der Waals surface area contributed by atoms with Gasteiger partial charge in [-0.1, -0.05) is 30.3 Å². The summed E-state index contributed by atoms with van der Waals surface area (Å²) in [6, 6.07) is 10.3. The van der Waals surface area contributed by atoms with Gasteiger partial charge in [0.2, 0.25) is 8.32 Å². The van der Waals surface area contributed by atoms with Gasteiger partial charge in [0.25, 0.3) is 0 Å². The van der Waals surface area contributed by atoms with Gasteiger partial charge in [-0.3, -0.25) is 0 Å². The maximum absolute atomic E-state index is 6.03. The number of hydrogen-bond donors (Lipinski definition) is 0. The van der Waals surface area contributed by atoms with Crippen molar-refractivity contribution in [3.8, 4) is 0 Å².